The minimum absolute atomic E-state index is 0.107. The third-order valence-corrected chi connectivity index (χ3v) is 4.74. The van der Waals surface area contributed by atoms with Crippen molar-refractivity contribution in [3.05, 3.63) is 69.4 Å². The molecule has 0 saturated heterocycles. The van der Waals surface area contributed by atoms with Crippen LogP contribution in [0, 0.1) is 5.82 Å². The molecular formula is C17H11Cl2FN2OS. The van der Waals surface area contributed by atoms with E-state index < -0.39 is 0 Å². The summed E-state index contributed by atoms with van der Waals surface area (Å²) in [5, 5.41) is 6.18. The van der Waals surface area contributed by atoms with Crippen LogP contribution in [0.3, 0.4) is 0 Å². The van der Waals surface area contributed by atoms with Crippen molar-refractivity contribution in [3.8, 4) is 10.6 Å². The van der Waals surface area contributed by atoms with Crippen LogP contribution in [-0.4, -0.2) is 10.9 Å². The quantitative estimate of drug-likeness (QED) is 0.654. The molecule has 2 aromatic carbocycles. The van der Waals surface area contributed by atoms with Crippen molar-refractivity contribution in [2.24, 2.45) is 0 Å². The number of hydrogen-bond donors (Lipinski definition) is 1. The number of amides is 1. The van der Waals surface area contributed by atoms with E-state index in [4.69, 9.17) is 23.2 Å². The zero-order chi connectivity index (χ0) is 17.1. The van der Waals surface area contributed by atoms with Gasteiger partial charge >= 0.3 is 0 Å². The minimum atomic E-state index is -0.353. The number of thiazole rings is 1. The normalized spacial score (nSPS) is 10.6. The summed E-state index contributed by atoms with van der Waals surface area (Å²) in [6.45, 7) is 0. The van der Waals surface area contributed by atoms with Crippen molar-refractivity contribution in [1.82, 2.24) is 4.98 Å². The molecule has 0 radical (unpaired) electrons. The molecule has 0 fully saturated rings. The van der Waals surface area contributed by atoms with Crippen LogP contribution in [-0.2, 0) is 11.2 Å². The van der Waals surface area contributed by atoms with E-state index in [1.807, 2.05) is 0 Å². The fraction of sp³-hybridized carbons (Fsp3) is 0.0588. The molecule has 0 aliphatic heterocycles. The highest BCUT2D eigenvalue weighted by atomic mass is 35.5. The van der Waals surface area contributed by atoms with E-state index in [0.717, 1.165) is 0 Å². The van der Waals surface area contributed by atoms with Crippen LogP contribution in [0.5, 0.6) is 0 Å². The third-order valence-electron chi connectivity index (χ3n) is 3.20. The topological polar surface area (TPSA) is 42.0 Å². The number of anilines is 1. The highest BCUT2D eigenvalue weighted by molar-refractivity contribution is 7.13. The Bertz CT molecular complexity index is 860. The van der Waals surface area contributed by atoms with Crippen LogP contribution < -0.4 is 5.32 Å². The van der Waals surface area contributed by atoms with E-state index >= 15 is 0 Å². The van der Waals surface area contributed by atoms with Crippen LogP contribution in [0.1, 0.15) is 5.69 Å². The van der Waals surface area contributed by atoms with Crippen molar-refractivity contribution < 1.29 is 9.18 Å². The Kier molecular flexibility index (Phi) is 5.14. The van der Waals surface area contributed by atoms with Gasteiger partial charge in [-0.3, -0.25) is 4.79 Å². The van der Waals surface area contributed by atoms with Crippen LogP contribution in [0.2, 0.25) is 10.0 Å². The summed E-state index contributed by atoms with van der Waals surface area (Å²) in [4.78, 5) is 16.5. The average molecular weight is 381 g/mol. The van der Waals surface area contributed by atoms with Gasteiger partial charge in [-0.05, 0) is 36.4 Å². The molecule has 1 amide bonds. The fourth-order valence-corrected chi connectivity index (χ4v) is 3.69. The second-order valence-electron chi connectivity index (χ2n) is 4.97. The number of halogens is 3. The maximum atomic E-state index is 12.9. The number of hydrogen-bond acceptors (Lipinski definition) is 3. The summed E-state index contributed by atoms with van der Waals surface area (Å²) in [6, 6.07) is 10.8. The van der Waals surface area contributed by atoms with E-state index in [2.05, 4.69) is 10.3 Å². The molecule has 122 valence electrons. The van der Waals surface area contributed by atoms with Gasteiger partial charge in [0, 0.05) is 16.6 Å². The molecule has 1 aromatic heterocycles. The lowest BCUT2D eigenvalue weighted by molar-refractivity contribution is -0.115. The number of aromatic nitrogens is 1. The lowest BCUT2D eigenvalue weighted by Crippen LogP contribution is -2.14. The molecular weight excluding hydrogens is 370 g/mol. The van der Waals surface area contributed by atoms with E-state index in [9.17, 15) is 9.18 Å². The molecule has 0 spiro atoms. The maximum Gasteiger partial charge on any atom is 0.230 e. The predicted octanol–water partition coefficient (Wildman–Crippen LogP) is 5.44. The first-order valence-corrected chi connectivity index (χ1v) is 8.60. The Balaban J connectivity index is 1.72. The molecule has 0 saturated carbocycles. The Morgan fingerprint density at radius 3 is 2.46 bits per heavy atom. The molecule has 3 nitrogen and oxygen atoms in total. The average Bonchev–Trinajstić information content (AvgIpc) is 2.97. The van der Waals surface area contributed by atoms with Crippen molar-refractivity contribution >= 4 is 46.1 Å². The van der Waals surface area contributed by atoms with Crippen molar-refractivity contribution in [1.29, 1.82) is 0 Å². The van der Waals surface area contributed by atoms with Gasteiger partial charge in [0.05, 0.1) is 22.2 Å². The fourth-order valence-electron chi connectivity index (χ4n) is 2.11. The summed E-state index contributed by atoms with van der Waals surface area (Å²) in [5.74, 6) is -0.586. The van der Waals surface area contributed by atoms with Crippen LogP contribution >= 0.6 is 34.5 Å². The molecule has 0 bridgehead atoms. The van der Waals surface area contributed by atoms with E-state index in [0.29, 0.717) is 32.0 Å². The first kappa shape index (κ1) is 16.9. The number of carbonyl (C=O) groups is 1. The standard InChI is InChI=1S/C17H11Cl2FN2OS/c18-13-2-1-3-14(19)16(13)17-22-12(9-24-17)8-15(23)21-11-6-4-10(20)5-7-11/h1-7,9H,8H2,(H,21,23). The Labute approximate surface area is 152 Å². The predicted molar refractivity (Wildman–Crippen MR) is 96.3 cm³/mol. The number of rotatable bonds is 4. The van der Waals surface area contributed by atoms with Crippen LogP contribution in [0.25, 0.3) is 10.6 Å². The highest BCUT2D eigenvalue weighted by Crippen LogP contribution is 2.36. The van der Waals surface area contributed by atoms with Gasteiger partial charge in [0.25, 0.3) is 0 Å². The molecule has 3 aromatic rings. The number of carbonyl (C=O) groups excluding carboxylic acids is 1. The number of benzene rings is 2. The SMILES string of the molecule is O=C(Cc1csc(-c2c(Cl)cccc2Cl)n1)Nc1ccc(F)cc1. The van der Waals surface area contributed by atoms with Gasteiger partial charge < -0.3 is 5.32 Å². The smallest absolute Gasteiger partial charge is 0.230 e. The van der Waals surface area contributed by atoms with E-state index in [1.54, 1.807) is 23.6 Å². The maximum absolute atomic E-state index is 12.9. The molecule has 0 atom stereocenters. The van der Waals surface area contributed by atoms with Crippen molar-refractivity contribution in [2.75, 3.05) is 5.32 Å². The molecule has 24 heavy (non-hydrogen) atoms. The van der Waals surface area contributed by atoms with Gasteiger partial charge in [0.15, 0.2) is 0 Å². The van der Waals surface area contributed by atoms with Gasteiger partial charge in [-0.2, -0.15) is 0 Å². The largest absolute Gasteiger partial charge is 0.326 e. The zero-order valence-corrected chi connectivity index (χ0v) is 14.6. The van der Waals surface area contributed by atoms with Gasteiger partial charge in [0.2, 0.25) is 5.91 Å². The van der Waals surface area contributed by atoms with Gasteiger partial charge in [-0.1, -0.05) is 29.3 Å². The first-order valence-electron chi connectivity index (χ1n) is 6.97. The molecule has 7 heteroatoms. The molecule has 1 heterocycles. The van der Waals surface area contributed by atoms with Gasteiger partial charge in [0.1, 0.15) is 10.8 Å². The Morgan fingerprint density at radius 2 is 1.79 bits per heavy atom. The summed E-state index contributed by atoms with van der Waals surface area (Å²) >= 11 is 13.7. The lowest BCUT2D eigenvalue weighted by Gasteiger charge is -2.04. The summed E-state index contributed by atoms with van der Waals surface area (Å²) in [6.07, 6.45) is 0.107. The van der Waals surface area contributed by atoms with Crippen molar-refractivity contribution in [2.45, 2.75) is 6.42 Å². The first-order chi connectivity index (χ1) is 11.5. The summed E-state index contributed by atoms with van der Waals surface area (Å²) in [7, 11) is 0. The number of nitrogens with zero attached hydrogens (tertiary/aromatic N) is 1. The monoisotopic (exact) mass is 380 g/mol. The Hall–Kier alpha value is -1.95. The minimum Gasteiger partial charge on any atom is -0.326 e. The van der Waals surface area contributed by atoms with E-state index in [-0.39, 0.29) is 18.1 Å². The summed E-state index contributed by atoms with van der Waals surface area (Å²) < 4.78 is 12.9. The van der Waals surface area contributed by atoms with Crippen LogP contribution in [0.4, 0.5) is 10.1 Å². The highest BCUT2D eigenvalue weighted by Gasteiger charge is 2.14. The lowest BCUT2D eigenvalue weighted by atomic mass is 10.2. The summed E-state index contributed by atoms with van der Waals surface area (Å²) in [5.41, 5.74) is 1.81. The number of nitrogens with one attached hydrogen (secondary N) is 1. The van der Waals surface area contributed by atoms with Crippen LogP contribution in [0.15, 0.2) is 47.8 Å². The van der Waals surface area contributed by atoms with Gasteiger partial charge in [-0.25, -0.2) is 9.37 Å². The van der Waals surface area contributed by atoms with E-state index in [1.165, 1.54) is 35.6 Å². The molecule has 0 aliphatic rings. The Morgan fingerprint density at radius 1 is 1.12 bits per heavy atom. The zero-order valence-electron chi connectivity index (χ0n) is 12.2. The molecule has 0 unspecified atom stereocenters. The van der Waals surface area contributed by atoms with Gasteiger partial charge in [-0.15, -0.1) is 11.3 Å². The third kappa shape index (κ3) is 3.93. The molecule has 0 aliphatic carbocycles. The molecule has 1 N–H and O–H groups in total. The van der Waals surface area contributed by atoms with Crippen molar-refractivity contribution in [3.63, 3.8) is 0 Å². The second-order valence-corrected chi connectivity index (χ2v) is 6.65. The molecule has 3 rings (SSSR count). The second kappa shape index (κ2) is 7.30.